The maximum atomic E-state index is 12.1. The van der Waals surface area contributed by atoms with Gasteiger partial charge in [-0.25, -0.2) is 0 Å². The zero-order chi connectivity index (χ0) is 14.4. The number of aliphatic hydroxyl groups is 1. The average Bonchev–Trinajstić information content (AvgIpc) is 2.68. The lowest BCUT2D eigenvalue weighted by Gasteiger charge is -2.31. The fourth-order valence-corrected chi connectivity index (χ4v) is 2.68. The zero-order valence-electron chi connectivity index (χ0n) is 12.7. The van der Waals surface area contributed by atoms with Crippen LogP contribution in [0.15, 0.2) is 0 Å². The van der Waals surface area contributed by atoms with Crippen LogP contribution in [0.2, 0.25) is 0 Å². The number of carbonyl (C=O) groups is 1. The predicted molar refractivity (Wildman–Crippen MR) is 77.1 cm³/mol. The molecule has 3 unspecified atom stereocenters. The van der Waals surface area contributed by atoms with E-state index in [0.717, 1.165) is 32.4 Å². The third-order valence-electron chi connectivity index (χ3n) is 3.72. The van der Waals surface area contributed by atoms with Gasteiger partial charge in [-0.15, -0.1) is 0 Å². The standard InChI is InChI=1S/C14H29N3O2/c1-5-6-7-15-14(19)11(2)17-10-13(18)8-12(17)9-16(3)4/h11-13,18H,5-10H2,1-4H3,(H,15,19). The number of rotatable bonds is 7. The zero-order valence-corrected chi connectivity index (χ0v) is 12.7. The fourth-order valence-electron chi connectivity index (χ4n) is 2.68. The Morgan fingerprint density at radius 2 is 2.21 bits per heavy atom. The van der Waals surface area contributed by atoms with Crippen LogP contribution >= 0.6 is 0 Å². The molecule has 19 heavy (non-hydrogen) atoms. The normalized spacial score (nSPS) is 25.8. The van der Waals surface area contributed by atoms with Gasteiger partial charge in [0.15, 0.2) is 0 Å². The van der Waals surface area contributed by atoms with Gasteiger partial charge in [0.05, 0.1) is 12.1 Å². The molecule has 0 aromatic heterocycles. The van der Waals surface area contributed by atoms with Crippen molar-refractivity contribution in [3.05, 3.63) is 0 Å². The van der Waals surface area contributed by atoms with E-state index < -0.39 is 0 Å². The second-order valence-electron chi connectivity index (χ2n) is 5.82. The molecule has 1 saturated heterocycles. The molecule has 1 fully saturated rings. The summed E-state index contributed by atoms with van der Waals surface area (Å²) >= 11 is 0. The van der Waals surface area contributed by atoms with Crippen molar-refractivity contribution in [1.82, 2.24) is 15.1 Å². The number of nitrogens with zero attached hydrogens (tertiary/aromatic N) is 2. The van der Waals surface area contributed by atoms with E-state index in [2.05, 4.69) is 22.0 Å². The third kappa shape index (κ3) is 5.09. The van der Waals surface area contributed by atoms with Crippen LogP contribution in [0.5, 0.6) is 0 Å². The summed E-state index contributed by atoms with van der Waals surface area (Å²) in [5.74, 6) is 0.0753. The highest BCUT2D eigenvalue weighted by molar-refractivity contribution is 5.81. The number of likely N-dealkylation sites (tertiary alicyclic amines) is 1. The van der Waals surface area contributed by atoms with Gasteiger partial charge < -0.3 is 15.3 Å². The van der Waals surface area contributed by atoms with Crippen LogP contribution in [0.25, 0.3) is 0 Å². The van der Waals surface area contributed by atoms with Gasteiger partial charge in [-0.05, 0) is 33.9 Å². The van der Waals surface area contributed by atoms with Gasteiger partial charge in [-0.2, -0.15) is 0 Å². The van der Waals surface area contributed by atoms with E-state index in [0.29, 0.717) is 6.54 Å². The molecule has 0 aromatic carbocycles. The number of unbranched alkanes of at least 4 members (excludes halogenated alkanes) is 1. The predicted octanol–water partition coefficient (Wildman–Crippen LogP) is 0.288. The summed E-state index contributed by atoms with van der Waals surface area (Å²) in [6.45, 7) is 6.26. The summed E-state index contributed by atoms with van der Waals surface area (Å²) in [6.07, 6.45) is 2.55. The molecule has 1 aliphatic heterocycles. The number of β-amino-alcohol motifs (C(OH)–C–C–N with tert-alkyl or cyclic N) is 1. The molecule has 3 atom stereocenters. The molecule has 5 heteroatoms. The Kier molecular flexibility index (Phi) is 6.75. The van der Waals surface area contributed by atoms with Gasteiger partial charge in [-0.3, -0.25) is 9.69 Å². The first kappa shape index (κ1) is 16.4. The first-order chi connectivity index (χ1) is 8.95. The number of nitrogens with one attached hydrogen (secondary N) is 1. The SMILES string of the molecule is CCCCNC(=O)C(C)N1CC(O)CC1CN(C)C. The van der Waals surface area contributed by atoms with Crippen molar-refractivity contribution in [3.8, 4) is 0 Å². The van der Waals surface area contributed by atoms with Crippen LogP contribution < -0.4 is 5.32 Å². The third-order valence-corrected chi connectivity index (χ3v) is 3.72. The molecule has 0 aromatic rings. The van der Waals surface area contributed by atoms with Crippen molar-refractivity contribution in [2.24, 2.45) is 0 Å². The molecule has 2 N–H and O–H groups in total. The van der Waals surface area contributed by atoms with Crippen LogP contribution in [0.4, 0.5) is 0 Å². The summed E-state index contributed by atoms with van der Waals surface area (Å²) in [7, 11) is 4.05. The fraction of sp³-hybridized carbons (Fsp3) is 0.929. The van der Waals surface area contributed by atoms with Crippen molar-refractivity contribution in [2.75, 3.05) is 33.7 Å². The van der Waals surface area contributed by atoms with E-state index in [4.69, 9.17) is 0 Å². The second kappa shape index (κ2) is 7.82. The number of aliphatic hydroxyl groups excluding tert-OH is 1. The Labute approximate surface area is 117 Å². The lowest BCUT2D eigenvalue weighted by atomic mass is 10.1. The number of hydrogen-bond acceptors (Lipinski definition) is 4. The molecule has 1 heterocycles. The largest absolute Gasteiger partial charge is 0.392 e. The maximum absolute atomic E-state index is 12.1. The quantitative estimate of drug-likeness (QED) is 0.654. The smallest absolute Gasteiger partial charge is 0.237 e. The minimum atomic E-state index is -0.309. The van der Waals surface area contributed by atoms with Crippen molar-refractivity contribution >= 4 is 5.91 Å². The maximum Gasteiger partial charge on any atom is 0.237 e. The van der Waals surface area contributed by atoms with E-state index in [1.165, 1.54) is 0 Å². The van der Waals surface area contributed by atoms with E-state index in [1.807, 2.05) is 21.0 Å². The highest BCUT2D eigenvalue weighted by Gasteiger charge is 2.36. The van der Waals surface area contributed by atoms with Gasteiger partial charge in [0.1, 0.15) is 0 Å². The number of carbonyl (C=O) groups excluding carboxylic acids is 1. The molecule has 0 radical (unpaired) electrons. The van der Waals surface area contributed by atoms with Crippen LogP contribution in [-0.4, -0.2) is 72.7 Å². The van der Waals surface area contributed by atoms with Crippen LogP contribution in [-0.2, 0) is 4.79 Å². The van der Waals surface area contributed by atoms with Crippen molar-refractivity contribution in [3.63, 3.8) is 0 Å². The molecular weight excluding hydrogens is 242 g/mol. The molecule has 0 saturated carbocycles. The summed E-state index contributed by atoms with van der Waals surface area (Å²) in [6, 6.07) is 0.0934. The van der Waals surface area contributed by atoms with Gasteiger partial charge in [0.25, 0.3) is 0 Å². The van der Waals surface area contributed by atoms with E-state index >= 15 is 0 Å². The van der Waals surface area contributed by atoms with Crippen molar-refractivity contribution in [1.29, 1.82) is 0 Å². The Hall–Kier alpha value is -0.650. The molecule has 0 spiro atoms. The van der Waals surface area contributed by atoms with Crippen LogP contribution in [0, 0.1) is 0 Å². The first-order valence-corrected chi connectivity index (χ1v) is 7.32. The molecule has 112 valence electrons. The van der Waals surface area contributed by atoms with E-state index in [1.54, 1.807) is 0 Å². The molecular formula is C14H29N3O2. The van der Waals surface area contributed by atoms with E-state index in [-0.39, 0.29) is 24.1 Å². The number of amides is 1. The monoisotopic (exact) mass is 271 g/mol. The van der Waals surface area contributed by atoms with E-state index in [9.17, 15) is 9.90 Å². The van der Waals surface area contributed by atoms with Crippen LogP contribution in [0.1, 0.15) is 33.1 Å². The lowest BCUT2D eigenvalue weighted by molar-refractivity contribution is -0.126. The van der Waals surface area contributed by atoms with Gasteiger partial charge in [0.2, 0.25) is 5.91 Å². The Morgan fingerprint density at radius 1 is 1.53 bits per heavy atom. The van der Waals surface area contributed by atoms with Gasteiger partial charge in [0, 0.05) is 25.7 Å². The minimum Gasteiger partial charge on any atom is -0.392 e. The molecule has 0 aliphatic carbocycles. The van der Waals surface area contributed by atoms with Gasteiger partial charge in [-0.1, -0.05) is 13.3 Å². The Morgan fingerprint density at radius 3 is 2.79 bits per heavy atom. The summed E-state index contributed by atoms with van der Waals surface area (Å²) in [4.78, 5) is 16.3. The summed E-state index contributed by atoms with van der Waals surface area (Å²) < 4.78 is 0. The van der Waals surface area contributed by atoms with Crippen molar-refractivity contribution in [2.45, 2.75) is 51.3 Å². The highest BCUT2D eigenvalue weighted by atomic mass is 16.3. The molecule has 1 rings (SSSR count). The number of likely N-dealkylation sites (N-methyl/N-ethyl adjacent to an activating group) is 1. The molecule has 0 bridgehead atoms. The minimum absolute atomic E-state index is 0.0753. The van der Waals surface area contributed by atoms with Crippen molar-refractivity contribution < 1.29 is 9.90 Å². The first-order valence-electron chi connectivity index (χ1n) is 7.32. The second-order valence-corrected chi connectivity index (χ2v) is 5.82. The topological polar surface area (TPSA) is 55.8 Å². The summed E-state index contributed by atoms with van der Waals surface area (Å²) in [5, 5.41) is 12.8. The molecule has 1 amide bonds. The summed E-state index contributed by atoms with van der Waals surface area (Å²) in [5.41, 5.74) is 0. The molecule has 1 aliphatic rings. The highest BCUT2D eigenvalue weighted by Crippen LogP contribution is 2.21. The Bertz CT molecular complexity index is 284. The average molecular weight is 271 g/mol. The number of hydrogen-bond donors (Lipinski definition) is 2. The van der Waals surface area contributed by atoms with Crippen LogP contribution in [0.3, 0.4) is 0 Å². The molecule has 5 nitrogen and oxygen atoms in total. The van der Waals surface area contributed by atoms with Gasteiger partial charge >= 0.3 is 0 Å². The Balaban J connectivity index is 2.52. The lowest BCUT2D eigenvalue weighted by Crippen LogP contribution is -2.50.